The second-order valence-electron chi connectivity index (χ2n) is 8.99. The van der Waals surface area contributed by atoms with Crippen molar-refractivity contribution in [2.45, 2.75) is 116 Å². The van der Waals surface area contributed by atoms with Gasteiger partial charge in [-0.15, -0.1) is 0 Å². The summed E-state index contributed by atoms with van der Waals surface area (Å²) >= 11 is 0. The molecule has 3 rings (SSSR count). The zero-order valence-electron chi connectivity index (χ0n) is 18.9. The summed E-state index contributed by atoms with van der Waals surface area (Å²) in [4.78, 5) is 0. The van der Waals surface area contributed by atoms with Gasteiger partial charge in [-0.1, -0.05) is 103 Å². The number of fused-ring (bicyclic) bond motifs is 3. The number of nitrogens with one attached hydrogen (secondary N) is 1. The van der Waals surface area contributed by atoms with Crippen LogP contribution in [-0.2, 0) is 13.1 Å². The van der Waals surface area contributed by atoms with Crippen LogP contribution in [0.2, 0.25) is 0 Å². The quantitative estimate of drug-likeness (QED) is 0.248. The van der Waals surface area contributed by atoms with Crippen LogP contribution in [0, 0.1) is 0 Å². The highest BCUT2D eigenvalue weighted by Crippen LogP contribution is 2.21. The molecule has 0 atom stereocenters. The number of hydrogen-bond donors (Lipinski definition) is 1. The molecule has 2 aromatic rings. The van der Waals surface area contributed by atoms with Gasteiger partial charge in [0.2, 0.25) is 0 Å². The normalized spacial score (nSPS) is 13.6. The van der Waals surface area contributed by atoms with Crippen LogP contribution in [0.15, 0.2) is 24.3 Å². The standard InChI is InChI=1S/C26H43N3/c1-2-3-4-5-6-7-8-9-10-11-12-13-14-17-22-28-24-19-15-16-20-25(24)29-23-18-21-27-26(28)29/h15-16,19-20H,2-14,17-18,21-23H2,1H3/p+1. The highest BCUT2D eigenvalue weighted by atomic mass is 15.3. The average Bonchev–Trinajstić information content (AvgIpc) is 3.08. The fourth-order valence-corrected chi connectivity index (χ4v) is 4.84. The lowest BCUT2D eigenvalue weighted by molar-refractivity contribution is -0.661. The summed E-state index contributed by atoms with van der Waals surface area (Å²) in [5, 5.41) is 3.65. The van der Waals surface area contributed by atoms with E-state index in [0.717, 1.165) is 19.6 Å². The van der Waals surface area contributed by atoms with Crippen molar-refractivity contribution >= 4 is 17.0 Å². The zero-order chi connectivity index (χ0) is 20.2. The SMILES string of the molecule is CCCCCCCCCCCCCCCCn1c2[n+](c3ccccc31)CCCN2. The van der Waals surface area contributed by atoms with Gasteiger partial charge in [-0.3, -0.25) is 5.32 Å². The van der Waals surface area contributed by atoms with E-state index in [4.69, 9.17) is 0 Å². The summed E-state index contributed by atoms with van der Waals surface area (Å²) in [6, 6.07) is 8.90. The molecule has 0 unspecified atom stereocenters. The third kappa shape index (κ3) is 6.76. The molecule has 162 valence electrons. The van der Waals surface area contributed by atoms with Gasteiger partial charge in [0.1, 0.15) is 11.0 Å². The number of para-hydroxylation sites is 2. The maximum Gasteiger partial charge on any atom is 0.358 e. The molecule has 0 saturated carbocycles. The minimum atomic E-state index is 1.11. The number of benzene rings is 1. The number of nitrogens with zero attached hydrogens (tertiary/aromatic N) is 2. The lowest BCUT2D eigenvalue weighted by Gasteiger charge is -2.11. The van der Waals surface area contributed by atoms with Crippen LogP contribution >= 0.6 is 0 Å². The van der Waals surface area contributed by atoms with Gasteiger partial charge in [0.15, 0.2) is 0 Å². The van der Waals surface area contributed by atoms with Gasteiger partial charge < -0.3 is 0 Å². The molecule has 0 radical (unpaired) electrons. The monoisotopic (exact) mass is 398 g/mol. The Morgan fingerprint density at radius 1 is 0.793 bits per heavy atom. The van der Waals surface area contributed by atoms with Gasteiger partial charge in [-0.05, 0) is 18.6 Å². The van der Waals surface area contributed by atoms with Crippen molar-refractivity contribution in [3.63, 3.8) is 0 Å². The summed E-state index contributed by atoms with van der Waals surface area (Å²) in [5.41, 5.74) is 2.78. The molecule has 0 bridgehead atoms. The van der Waals surface area contributed by atoms with E-state index in [0.29, 0.717) is 0 Å². The summed E-state index contributed by atoms with van der Waals surface area (Å²) in [5.74, 6) is 1.33. The number of aryl methyl sites for hydroxylation is 2. The highest BCUT2D eigenvalue weighted by molar-refractivity contribution is 5.74. The van der Waals surface area contributed by atoms with Crippen LogP contribution in [-0.4, -0.2) is 11.1 Å². The molecule has 0 spiro atoms. The van der Waals surface area contributed by atoms with E-state index in [-0.39, 0.29) is 0 Å². The third-order valence-electron chi connectivity index (χ3n) is 6.55. The molecule has 29 heavy (non-hydrogen) atoms. The second-order valence-corrected chi connectivity index (χ2v) is 8.99. The Labute approximate surface area is 178 Å². The predicted octanol–water partition coefficient (Wildman–Crippen LogP) is 7.23. The van der Waals surface area contributed by atoms with Crippen LogP contribution in [0.25, 0.3) is 11.0 Å². The summed E-state index contributed by atoms with van der Waals surface area (Å²) in [6.07, 6.45) is 21.1. The maximum absolute atomic E-state index is 3.65. The summed E-state index contributed by atoms with van der Waals surface area (Å²) in [6.45, 7) is 5.70. The Balaban J connectivity index is 1.26. The molecule has 0 amide bonds. The van der Waals surface area contributed by atoms with Crippen molar-refractivity contribution in [1.82, 2.24) is 4.57 Å². The summed E-state index contributed by atoms with van der Waals surface area (Å²) in [7, 11) is 0. The van der Waals surface area contributed by atoms with E-state index in [1.54, 1.807) is 0 Å². The van der Waals surface area contributed by atoms with E-state index in [1.165, 1.54) is 113 Å². The number of rotatable bonds is 15. The van der Waals surface area contributed by atoms with Crippen LogP contribution in [0.3, 0.4) is 0 Å². The van der Waals surface area contributed by atoms with Crippen LogP contribution in [0.4, 0.5) is 5.95 Å². The topological polar surface area (TPSA) is 20.8 Å². The Morgan fingerprint density at radius 2 is 1.38 bits per heavy atom. The van der Waals surface area contributed by atoms with Crippen LogP contribution in [0.5, 0.6) is 0 Å². The molecular formula is C26H44N3+. The largest absolute Gasteiger partial charge is 0.358 e. The lowest BCUT2D eigenvalue weighted by Crippen LogP contribution is -2.41. The molecule has 1 aliphatic rings. The van der Waals surface area contributed by atoms with Crippen molar-refractivity contribution in [1.29, 1.82) is 0 Å². The number of imidazole rings is 1. The molecule has 1 aromatic heterocycles. The molecule has 1 N–H and O–H groups in total. The zero-order valence-corrected chi connectivity index (χ0v) is 18.9. The minimum Gasteiger partial charge on any atom is -0.277 e. The second kappa shape index (κ2) is 12.9. The fourth-order valence-electron chi connectivity index (χ4n) is 4.84. The molecule has 3 heteroatoms. The molecule has 2 heterocycles. The number of aromatic nitrogens is 2. The van der Waals surface area contributed by atoms with Gasteiger partial charge in [-0.25, -0.2) is 9.13 Å². The van der Waals surface area contributed by atoms with Gasteiger partial charge in [-0.2, -0.15) is 0 Å². The van der Waals surface area contributed by atoms with Crippen molar-refractivity contribution in [3.05, 3.63) is 24.3 Å². The molecule has 1 aromatic carbocycles. The predicted molar refractivity (Wildman–Crippen MR) is 126 cm³/mol. The van der Waals surface area contributed by atoms with Crippen molar-refractivity contribution in [2.24, 2.45) is 0 Å². The first-order valence-electron chi connectivity index (χ1n) is 12.7. The first-order valence-corrected chi connectivity index (χ1v) is 12.7. The van der Waals surface area contributed by atoms with E-state index < -0.39 is 0 Å². The Morgan fingerprint density at radius 3 is 2.03 bits per heavy atom. The lowest BCUT2D eigenvalue weighted by atomic mass is 10.0. The maximum atomic E-state index is 3.65. The average molecular weight is 399 g/mol. The van der Waals surface area contributed by atoms with Gasteiger partial charge in [0.05, 0.1) is 19.6 Å². The van der Waals surface area contributed by atoms with Crippen molar-refractivity contribution < 1.29 is 4.57 Å². The van der Waals surface area contributed by atoms with E-state index in [1.807, 2.05) is 0 Å². The number of unbranched alkanes of at least 4 members (excludes halogenated alkanes) is 13. The van der Waals surface area contributed by atoms with E-state index in [9.17, 15) is 0 Å². The van der Waals surface area contributed by atoms with Gasteiger partial charge in [0.25, 0.3) is 0 Å². The molecular weight excluding hydrogens is 354 g/mol. The van der Waals surface area contributed by atoms with Crippen molar-refractivity contribution in [2.75, 3.05) is 11.9 Å². The Bertz CT molecular complexity index is 703. The molecule has 0 saturated heterocycles. The fraction of sp³-hybridized carbons (Fsp3) is 0.731. The first-order chi connectivity index (χ1) is 14.4. The molecule has 3 nitrogen and oxygen atoms in total. The van der Waals surface area contributed by atoms with Crippen molar-refractivity contribution in [3.8, 4) is 0 Å². The number of hydrogen-bond acceptors (Lipinski definition) is 1. The highest BCUT2D eigenvalue weighted by Gasteiger charge is 2.25. The van der Waals surface area contributed by atoms with Gasteiger partial charge >= 0.3 is 5.95 Å². The number of anilines is 1. The Kier molecular flexibility index (Phi) is 9.89. The minimum absolute atomic E-state index is 1.11. The molecule has 1 aliphatic heterocycles. The van der Waals surface area contributed by atoms with Crippen LogP contribution < -0.4 is 9.88 Å². The van der Waals surface area contributed by atoms with Crippen LogP contribution in [0.1, 0.15) is 103 Å². The third-order valence-corrected chi connectivity index (χ3v) is 6.55. The summed E-state index contributed by atoms with van der Waals surface area (Å²) < 4.78 is 5.00. The smallest absolute Gasteiger partial charge is 0.277 e. The van der Waals surface area contributed by atoms with E-state index in [2.05, 4.69) is 45.6 Å². The van der Waals surface area contributed by atoms with Gasteiger partial charge in [0, 0.05) is 6.42 Å². The Hall–Kier alpha value is -1.51. The van der Waals surface area contributed by atoms with E-state index >= 15 is 0 Å². The molecule has 0 aliphatic carbocycles. The first kappa shape index (κ1) is 22.2. The molecule has 0 fully saturated rings.